The Morgan fingerprint density at radius 1 is 1.67 bits per heavy atom. The van der Waals surface area contributed by atoms with Crippen molar-refractivity contribution in [1.82, 2.24) is 15.6 Å². The Hall–Kier alpha value is -1.30. The molecule has 0 radical (unpaired) electrons. The van der Waals surface area contributed by atoms with Gasteiger partial charge in [-0.1, -0.05) is 6.92 Å². The monoisotopic (exact) mass is 213 g/mol. The molecule has 1 aliphatic heterocycles. The van der Waals surface area contributed by atoms with Gasteiger partial charge in [-0.05, 0) is 6.42 Å². The van der Waals surface area contributed by atoms with E-state index in [1.165, 1.54) is 0 Å². The summed E-state index contributed by atoms with van der Waals surface area (Å²) in [4.78, 5) is 17.4. The second-order valence-electron chi connectivity index (χ2n) is 3.44. The molecule has 6 heteroatoms. The van der Waals surface area contributed by atoms with Crippen molar-refractivity contribution < 1.29 is 4.79 Å². The largest absolute Gasteiger partial charge is 0.354 e. The van der Waals surface area contributed by atoms with Crippen LogP contribution in [0, 0.1) is 0 Å². The first-order valence-corrected chi connectivity index (χ1v) is 5.30. The van der Waals surface area contributed by atoms with Crippen LogP contribution in [0.25, 0.3) is 0 Å². The number of carbonyl (C=O) groups excluding carboxylic acids is 1. The average Bonchev–Trinajstić information content (AvgIpc) is 2.45. The first kappa shape index (κ1) is 11.8. The van der Waals surface area contributed by atoms with Crippen LogP contribution in [0.2, 0.25) is 0 Å². The van der Waals surface area contributed by atoms with Gasteiger partial charge in [0.05, 0.1) is 0 Å². The van der Waals surface area contributed by atoms with Gasteiger partial charge >= 0.3 is 0 Å². The average molecular weight is 213 g/mol. The van der Waals surface area contributed by atoms with E-state index in [1.807, 2.05) is 4.90 Å². The third-order valence-corrected chi connectivity index (χ3v) is 2.23. The third-order valence-electron chi connectivity index (χ3n) is 2.23. The second kappa shape index (κ2) is 6.23. The Morgan fingerprint density at radius 2 is 2.47 bits per heavy atom. The second-order valence-corrected chi connectivity index (χ2v) is 3.44. The summed E-state index contributed by atoms with van der Waals surface area (Å²) >= 11 is 0. The molecule has 0 atom stereocenters. The summed E-state index contributed by atoms with van der Waals surface area (Å²) in [6.45, 7) is 4.87. The number of nitrogens with two attached hydrogens (primary N) is 1. The Morgan fingerprint density at radius 3 is 3.13 bits per heavy atom. The van der Waals surface area contributed by atoms with Gasteiger partial charge in [0.15, 0.2) is 0 Å². The number of hydrogen-bond acceptors (Lipinski definition) is 3. The minimum atomic E-state index is 0.0874. The van der Waals surface area contributed by atoms with Crippen molar-refractivity contribution in [2.75, 3.05) is 26.2 Å². The van der Waals surface area contributed by atoms with Crippen molar-refractivity contribution >= 4 is 11.9 Å². The molecule has 0 aliphatic carbocycles. The summed E-state index contributed by atoms with van der Waals surface area (Å²) in [7, 11) is 0. The maximum atomic E-state index is 11.1. The molecule has 0 aromatic carbocycles. The molecule has 0 spiro atoms. The minimum absolute atomic E-state index is 0.0874. The van der Waals surface area contributed by atoms with Crippen molar-refractivity contribution in [1.29, 1.82) is 0 Å². The molecule has 15 heavy (non-hydrogen) atoms. The van der Waals surface area contributed by atoms with Crippen LogP contribution in [-0.4, -0.2) is 42.9 Å². The predicted molar refractivity (Wildman–Crippen MR) is 59.1 cm³/mol. The van der Waals surface area contributed by atoms with E-state index >= 15 is 0 Å². The van der Waals surface area contributed by atoms with E-state index in [-0.39, 0.29) is 5.91 Å². The topological polar surface area (TPSA) is 82.8 Å². The molecule has 0 saturated carbocycles. The molecule has 4 N–H and O–H groups in total. The molecule has 86 valence electrons. The Kier molecular flexibility index (Phi) is 4.89. The third kappa shape index (κ3) is 3.75. The quantitative estimate of drug-likeness (QED) is 0.239. The molecule has 0 aromatic rings. The first-order chi connectivity index (χ1) is 7.27. The van der Waals surface area contributed by atoms with E-state index in [0.717, 1.165) is 19.5 Å². The van der Waals surface area contributed by atoms with Gasteiger partial charge in [-0.3, -0.25) is 15.2 Å². The van der Waals surface area contributed by atoms with Gasteiger partial charge in [-0.25, -0.2) is 5.84 Å². The van der Waals surface area contributed by atoms with Crippen molar-refractivity contribution in [3.05, 3.63) is 0 Å². The molecule has 0 aromatic heterocycles. The zero-order chi connectivity index (χ0) is 11.1. The van der Waals surface area contributed by atoms with Gasteiger partial charge in [0.25, 0.3) is 0 Å². The number of amides is 1. The van der Waals surface area contributed by atoms with Crippen molar-refractivity contribution in [3.63, 3.8) is 0 Å². The zero-order valence-electron chi connectivity index (χ0n) is 9.12. The van der Waals surface area contributed by atoms with E-state index in [2.05, 4.69) is 22.7 Å². The first-order valence-electron chi connectivity index (χ1n) is 5.30. The highest BCUT2D eigenvalue weighted by Gasteiger charge is 2.15. The molecule has 6 nitrogen and oxygen atoms in total. The predicted octanol–water partition coefficient (Wildman–Crippen LogP) is -0.962. The van der Waals surface area contributed by atoms with Gasteiger partial charge in [0.1, 0.15) is 0 Å². The Bertz CT molecular complexity index is 241. The summed E-state index contributed by atoms with van der Waals surface area (Å²) in [6.07, 6.45) is 1.48. The highest BCUT2D eigenvalue weighted by atomic mass is 16.1. The molecule has 1 aliphatic rings. The number of nitrogens with one attached hydrogen (secondary N) is 2. The number of nitrogens with zero attached hydrogens (tertiary/aromatic N) is 2. The van der Waals surface area contributed by atoms with E-state index in [4.69, 9.17) is 5.84 Å². The maximum Gasteiger partial charge on any atom is 0.221 e. The molecule has 0 bridgehead atoms. The van der Waals surface area contributed by atoms with Crippen LogP contribution in [0.15, 0.2) is 4.99 Å². The van der Waals surface area contributed by atoms with Crippen LogP contribution in [0.5, 0.6) is 0 Å². The fourth-order valence-corrected chi connectivity index (χ4v) is 1.43. The molecule has 1 rings (SSSR count). The SMILES string of the molecule is CCCN=C(NN)N1CCNC(=O)CC1. The fraction of sp³-hybridized carbons (Fsp3) is 0.778. The molecule has 1 heterocycles. The van der Waals surface area contributed by atoms with E-state index in [1.54, 1.807) is 0 Å². The number of hydrazine groups is 1. The van der Waals surface area contributed by atoms with E-state index in [9.17, 15) is 4.79 Å². The lowest BCUT2D eigenvalue weighted by atomic mass is 10.4. The van der Waals surface area contributed by atoms with Crippen molar-refractivity contribution in [2.24, 2.45) is 10.8 Å². The van der Waals surface area contributed by atoms with Gasteiger partial charge in [-0.15, -0.1) is 0 Å². The molecular formula is C9H19N5O. The number of hydrogen-bond donors (Lipinski definition) is 3. The lowest BCUT2D eigenvalue weighted by Crippen LogP contribution is -2.46. The normalized spacial score (nSPS) is 18.4. The van der Waals surface area contributed by atoms with Crippen LogP contribution < -0.4 is 16.6 Å². The number of aliphatic imine (C=N–C) groups is 1. The number of guanidine groups is 1. The number of rotatable bonds is 2. The highest BCUT2D eigenvalue weighted by Crippen LogP contribution is 1.97. The lowest BCUT2D eigenvalue weighted by molar-refractivity contribution is -0.120. The van der Waals surface area contributed by atoms with Crippen LogP contribution in [0.3, 0.4) is 0 Å². The zero-order valence-corrected chi connectivity index (χ0v) is 9.12. The van der Waals surface area contributed by atoms with Crippen LogP contribution in [0.4, 0.5) is 0 Å². The maximum absolute atomic E-state index is 11.1. The summed E-state index contributed by atoms with van der Waals surface area (Å²) < 4.78 is 0. The Balaban J connectivity index is 2.55. The summed E-state index contributed by atoms with van der Waals surface area (Å²) in [5.41, 5.74) is 2.59. The molecular weight excluding hydrogens is 194 g/mol. The van der Waals surface area contributed by atoms with Crippen molar-refractivity contribution in [3.8, 4) is 0 Å². The van der Waals surface area contributed by atoms with Crippen LogP contribution >= 0.6 is 0 Å². The highest BCUT2D eigenvalue weighted by molar-refractivity contribution is 5.81. The minimum Gasteiger partial charge on any atom is -0.354 e. The molecule has 1 saturated heterocycles. The Labute approximate surface area is 89.9 Å². The molecule has 1 fully saturated rings. The van der Waals surface area contributed by atoms with Crippen LogP contribution in [0.1, 0.15) is 19.8 Å². The summed E-state index contributed by atoms with van der Waals surface area (Å²) in [6, 6.07) is 0. The van der Waals surface area contributed by atoms with E-state index in [0.29, 0.717) is 25.5 Å². The lowest BCUT2D eigenvalue weighted by Gasteiger charge is -2.22. The summed E-state index contributed by atoms with van der Waals surface area (Å²) in [5, 5.41) is 2.81. The van der Waals surface area contributed by atoms with Gasteiger partial charge in [0.2, 0.25) is 11.9 Å². The van der Waals surface area contributed by atoms with E-state index < -0.39 is 0 Å². The smallest absolute Gasteiger partial charge is 0.221 e. The van der Waals surface area contributed by atoms with Gasteiger partial charge in [-0.2, -0.15) is 0 Å². The van der Waals surface area contributed by atoms with Crippen molar-refractivity contribution in [2.45, 2.75) is 19.8 Å². The standard InChI is InChI=1S/C9H19N5O/c1-2-4-12-9(13-10)14-6-3-8(15)11-5-7-14/h2-7,10H2,1H3,(H,11,15)(H,12,13). The number of carbonyl (C=O) groups is 1. The molecule has 1 amide bonds. The molecule has 0 unspecified atom stereocenters. The van der Waals surface area contributed by atoms with Gasteiger partial charge in [0, 0.05) is 32.6 Å². The van der Waals surface area contributed by atoms with Gasteiger partial charge < -0.3 is 10.2 Å². The fourth-order valence-electron chi connectivity index (χ4n) is 1.43. The summed E-state index contributed by atoms with van der Waals surface area (Å²) in [5.74, 6) is 6.16. The van der Waals surface area contributed by atoms with Crippen LogP contribution in [-0.2, 0) is 4.79 Å².